The van der Waals surface area contributed by atoms with E-state index in [1.807, 2.05) is 38.1 Å². The molecule has 0 spiro atoms. The zero-order valence-electron chi connectivity index (χ0n) is 11.9. The largest absolute Gasteiger partial charge is 0.392 e. The lowest BCUT2D eigenvalue weighted by molar-refractivity contribution is -0.117. The van der Waals surface area contributed by atoms with Gasteiger partial charge in [0.05, 0.1) is 24.9 Å². The molecule has 20 heavy (non-hydrogen) atoms. The molecule has 1 aliphatic rings. The van der Waals surface area contributed by atoms with Crippen molar-refractivity contribution >= 4 is 11.6 Å². The number of hydrogen-bond acceptors (Lipinski definition) is 4. The highest BCUT2D eigenvalue weighted by Crippen LogP contribution is 2.14. The molecule has 0 saturated carbocycles. The van der Waals surface area contributed by atoms with Gasteiger partial charge >= 0.3 is 0 Å². The van der Waals surface area contributed by atoms with Crippen LogP contribution in [-0.4, -0.2) is 35.8 Å². The number of carbonyl (C=O) groups is 1. The van der Waals surface area contributed by atoms with E-state index in [-0.39, 0.29) is 18.1 Å². The van der Waals surface area contributed by atoms with Crippen LogP contribution >= 0.6 is 0 Å². The predicted molar refractivity (Wildman–Crippen MR) is 77.4 cm³/mol. The monoisotopic (exact) mass is 278 g/mol. The number of amides is 1. The molecule has 2 unspecified atom stereocenters. The summed E-state index contributed by atoms with van der Waals surface area (Å²) >= 11 is 0. The minimum atomic E-state index is -0.434. The van der Waals surface area contributed by atoms with Crippen LogP contribution in [-0.2, 0) is 16.1 Å². The summed E-state index contributed by atoms with van der Waals surface area (Å²) < 4.78 is 5.54. The molecule has 5 nitrogen and oxygen atoms in total. The summed E-state index contributed by atoms with van der Waals surface area (Å²) in [6, 6.07) is 7.30. The molecule has 2 rings (SSSR count). The Bertz CT molecular complexity index is 462. The molecular formula is C15H22N2O3. The van der Waals surface area contributed by atoms with Crippen LogP contribution in [0.3, 0.4) is 0 Å². The van der Waals surface area contributed by atoms with E-state index in [0.29, 0.717) is 19.6 Å². The first-order valence-corrected chi connectivity index (χ1v) is 6.97. The molecule has 110 valence electrons. The molecule has 2 atom stereocenters. The fourth-order valence-corrected chi connectivity index (χ4v) is 2.15. The highest BCUT2D eigenvalue weighted by Gasteiger charge is 2.27. The third-order valence-electron chi connectivity index (χ3n) is 3.20. The van der Waals surface area contributed by atoms with Gasteiger partial charge in [0.15, 0.2) is 0 Å². The van der Waals surface area contributed by atoms with Crippen LogP contribution < -0.4 is 10.6 Å². The number of nitrogens with one attached hydrogen (secondary N) is 2. The third kappa shape index (κ3) is 4.30. The summed E-state index contributed by atoms with van der Waals surface area (Å²) in [5.74, 6) is -0.108. The lowest BCUT2D eigenvalue weighted by Crippen LogP contribution is -2.35. The second-order valence-electron chi connectivity index (χ2n) is 5.40. The van der Waals surface area contributed by atoms with Gasteiger partial charge in [-0.15, -0.1) is 0 Å². The van der Waals surface area contributed by atoms with E-state index in [9.17, 15) is 9.90 Å². The number of ether oxygens (including phenoxy) is 1. The second kappa shape index (κ2) is 6.83. The van der Waals surface area contributed by atoms with Gasteiger partial charge in [-0.25, -0.2) is 0 Å². The molecule has 1 heterocycles. The third-order valence-corrected chi connectivity index (χ3v) is 3.20. The molecule has 1 aliphatic heterocycles. The number of anilines is 1. The van der Waals surface area contributed by atoms with Crippen molar-refractivity contribution in [2.45, 2.75) is 45.1 Å². The van der Waals surface area contributed by atoms with Crippen LogP contribution in [0.4, 0.5) is 5.69 Å². The summed E-state index contributed by atoms with van der Waals surface area (Å²) in [6.07, 6.45) is 0.205. The SMILES string of the molecule is CC(C)OCc1cccc(NC(=O)C2CC(O)CN2)c1. The van der Waals surface area contributed by atoms with Crippen molar-refractivity contribution in [3.05, 3.63) is 29.8 Å². The van der Waals surface area contributed by atoms with Crippen molar-refractivity contribution in [3.63, 3.8) is 0 Å². The van der Waals surface area contributed by atoms with E-state index in [1.54, 1.807) is 0 Å². The zero-order chi connectivity index (χ0) is 14.5. The molecule has 3 N–H and O–H groups in total. The van der Waals surface area contributed by atoms with Crippen LogP contribution in [0, 0.1) is 0 Å². The van der Waals surface area contributed by atoms with Crippen LogP contribution in [0.15, 0.2) is 24.3 Å². The molecule has 0 radical (unpaired) electrons. The normalized spacial score (nSPS) is 22.2. The van der Waals surface area contributed by atoms with Crippen LogP contribution in [0.5, 0.6) is 0 Å². The van der Waals surface area contributed by atoms with Crippen molar-refractivity contribution in [1.29, 1.82) is 0 Å². The smallest absolute Gasteiger partial charge is 0.241 e. The molecule has 1 amide bonds. The molecule has 1 saturated heterocycles. The molecule has 1 aromatic rings. The number of hydrogen-bond donors (Lipinski definition) is 3. The molecular weight excluding hydrogens is 256 g/mol. The van der Waals surface area contributed by atoms with Crippen molar-refractivity contribution in [2.75, 3.05) is 11.9 Å². The van der Waals surface area contributed by atoms with E-state index in [4.69, 9.17) is 4.74 Å². The minimum Gasteiger partial charge on any atom is -0.392 e. The van der Waals surface area contributed by atoms with Gasteiger partial charge in [0.2, 0.25) is 5.91 Å². The molecule has 1 aromatic carbocycles. The Hall–Kier alpha value is -1.43. The standard InChI is InChI=1S/C15H22N2O3/c1-10(2)20-9-11-4-3-5-12(6-11)17-15(19)14-7-13(18)8-16-14/h3-6,10,13-14,16,18H,7-9H2,1-2H3,(H,17,19). The Morgan fingerprint density at radius 1 is 1.55 bits per heavy atom. The highest BCUT2D eigenvalue weighted by molar-refractivity contribution is 5.95. The second-order valence-corrected chi connectivity index (χ2v) is 5.40. The average Bonchev–Trinajstić information content (AvgIpc) is 2.84. The average molecular weight is 278 g/mol. The summed E-state index contributed by atoms with van der Waals surface area (Å²) in [5, 5.41) is 15.3. The van der Waals surface area contributed by atoms with Gasteiger partial charge in [0, 0.05) is 12.2 Å². The maximum absolute atomic E-state index is 12.0. The van der Waals surface area contributed by atoms with Gasteiger partial charge < -0.3 is 20.5 Å². The van der Waals surface area contributed by atoms with E-state index >= 15 is 0 Å². The fraction of sp³-hybridized carbons (Fsp3) is 0.533. The Balaban J connectivity index is 1.92. The number of carbonyl (C=O) groups excluding carboxylic acids is 1. The van der Waals surface area contributed by atoms with E-state index < -0.39 is 6.10 Å². The Morgan fingerprint density at radius 2 is 2.35 bits per heavy atom. The maximum atomic E-state index is 12.0. The summed E-state index contributed by atoms with van der Waals surface area (Å²) in [4.78, 5) is 12.0. The van der Waals surface area contributed by atoms with Crippen LogP contribution in [0.1, 0.15) is 25.8 Å². The van der Waals surface area contributed by atoms with E-state index in [1.165, 1.54) is 0 Å². The van der Waals surface area contributed by atoms with Crippen molar-refractivity contribution in [3.8, 4) is 0 Å². The van der Waals surface area contributed by atoms with Gasteiger partial charge in [0.1, 0.15) is 0 Å². The number of rotatable bonds is 5. The van der Waals surface area contributed by atoms with E-state index in [0.717, 1.165) is 11.3 Å². The first kappa shape index (κ1) is 15.0. The van der Waals surface area contributed by atoms with Gasteiger partial charge in [-0.05, 0) is 38.0 Å². The Kier molecular flexibility index (Phi) is 5.11. The van der Waals surface area contributed by atoms with Gasteiger partial charge in [0.25, 0.3) is 0 Å². The van der Waals surface area contributed by atoms with Crippen molar-refractivity contribution in [2.24, 2.45) is 0 Å². The van der Waals surface area contributed by atoms with Crippen LogP contribution in [0.2, 0.25) is 0 Å². The maximum Gasteiger partial charge on any atom is 0.241 e. The predicted octanol–water partition coefficient (Wildman–Crippen LogP) is 1.27. The zero-order valence-corrected chi connectivity index (χ0v) is 11.9. The first-order valence-electron chi connectivity index (χ1n) is 6.97. The summed E-state index contributed by atoms with van der Waals surface area (Å²) in [7, 11) is 0. The van der Waals surface area contributed by atoms with Crippen molar-refractivity contribution in [1.82, 2.24) is 5.32 Å². The van der Waals surface area contributed by atoms with Gasteiger partial charge in [-0.3, -0.25) is 4.79 Å². The number of aliphatic hydroxyl groups is 1. The fourth-order valence-electron chi connectivity index (χ4n) is 2.15. The highest BCUT2D eigenvalue weighted by atomic mass is 16.5. The molecule has 0 aliphatic carbocycles. The minimum absolute atomic E-state index is 0.108. The quantitative estimate of drug-likeness (QED) is 0.758. The number of aliphatic hydroxyl groups excluding tert-OH is 1. The number of benzene rings is 1. The van der Waals surface area contributed by atoms with Gasteiger partial charge in [-0.2, -0.15) is 0 Å². The van der Waals surface area contributed by atoms with Gasteiger partial charge in [-0.1, -0.05) is 12.1 Å². The van der Waals surface area contributed by atoms with Crippen LogP contribution in [0.25, 0.3) is 0 Å². The lowest BCUT2D eigenvalue weighted by atomic mass is 10.1. The summed E-state index contributed by atoms with van der Waals surface area (Å²) in [6.45, 7) is 4.98. The molecule has 5 heteroatoms. The topological polar surface area (TPSA) is 70.6 Å². The summed E-state index contributed by atoms with van der Waals surface area (Å²) in [5.41, 5.74) is 1.78. The Labute approximate surface area is 119 Å². The molecule has 0 bridgehead atoms. The lowest BCUT2D eigenvalue weighted by Gasteiger charge is -2.12. The first-order chi connectivity index (χ1) is 9.54. The molecule has 1 fully saturated rings. The molecule has 0 aromatic heterocycles. The number of β-amino-alcohol motifs (C(OH)–C–C–N with tert-alkyl or cyclic N) is 1. The van der Waals surface area contributed by atoms with Crippen molar-refractivity contribution < 1.29 is 14.6 Å². The Morgan fingerprint density at radius 3 is 3.00 bits per heavy atom. The van der Waals surface area contributed by atoms with E-state index in [2.05, 4.69) is 10.6 Å².